The van der Waals surface area contributed by atoms with Crippen molar-refractivity contribution in [3.63, 3.8) is 0 Å². The molecule has 0 aliphatic rings. The Balaban J connectivity index is 2.31. The second-order valence-corrected chi connectivity index (χ2v) is 4.21. The largest absolute Gasteiger partial charge is 0.373 e. The summed E-state index contributed by atoms with van der Waals surface area (Å²) in [5.41, 5.74) is 1.21. The van der Waals surface area contributed by atoms with E-state index in [1.165, 1.54) is 12.1 Å². The number of nitrogens with zero attached hydrogens (tertiary/aromatic N) is 2. The fourth-order valence-corrected chi connectivity index (χ4v) is 1.92. The number of rotatable bonds is 4. The first kappa shape index (κ1) is 14.0. The molecule has 104 valence electrons. The highest BCUT2D eigenvalue weighted by Crippen LogP contribution is 2.18. The van der Waals surface area contributed by atoms with E-state index in [0.29, 0.717) is 23.6 Å². The third-order valence-electron chi connectivity index (χ3n) is 2.96. The zero-order chi connectivity index (χ0) is 14.5. The van der Waals surface area contributed by atoms with E-state index in [1.54, 1.807) is 42.4 Å². The van der Waals surface area contributed by atoms with Crippen molar-refractivity contribution in [2.24, 2.45) is 0 Å². The molecule has 0 saturated carbocycles. The number of carbonyl (C=O) groups is 1. The molecule has 2 aromatic rings. The molecule has 0 fully saturated rings. The molecular weight excluding hydrogens is 257 g/mol. The van der Waals surface area contributed by atoms with E-state index in [2.05, 4.69) is 10.3 Å². The lowest BCUT2D eigenvalue weighted by atomic mass is 10.2. The molecule has 0 bridgehead atoms. The molecule has 5 heteroatoms. The molecule has 0 radical (unpaired) electrons. The average molecular weight is 273 g/mol. The van der Waals surface area contributed by atoms with Crippen LogP contribution in [0.1, 0.15) is 17.3 Å². The third kappa shape index (κ3) is 2.93. The van der Waals surface area contributed by atoms with Crippen molar-refractivity contribution in [2.75, 3.05) is 23.8 Å². The van der Waals surface area contributed by atoms with Crippen molar-refractivity contribution in [1.82, 2.24) is 4.98 Å². The van der Waals surface area contributed by atoms with Crippen LogP contribution in [0.5, 0.6) is 0 Å². The van der Waals surface area contributed by atoms with E-state index >= 15 is 0 Å². The molecular formula is C15H16FN3O. The van der Waals surface area contributed by atoms with Crippen LogP contribution in [0.25, 0.3) is 0 Å². The lowest BCUT2D eigenvalue weighted by Gasteiger charge is -2.21. The molecule has 1 heterocycles. The number of anilines is 2. The van der Waals surface area contributed by atoms with E-state index in [4.69, 9.17) is 0 Å². The molecule has 0 unspecified atom stereocenters. The molecule has 2 rings (SSSR count). The van der Waals surface area contributed by atoms with Crippen molar-refractivity contribution in [2.45, 2.75) is 6.92 Å². The van der Waals surface area contributed by atoms with Crippen LogP contribution >= 0.6 is 0 Å². The average Bonchev–Trinajstić information content (AvgIpc) is 2.50. The van der Waals surface area contributed by atoms with Gasteiger partial charge < -0.3 is 10.2 Å². The van der Waals surface area contributed by atoms with Crippen molar-refractivity contribution >= 4 is 17.4 Å². The molecule has 4 nitrogen and oxygen atoms in total. The smallest absolute Gasteiger partial charge is 0.258 e. The number of pyridine rings is 1. The summed E-state index contributed by atoms with van der Waals surface area (Å²) in [6.45, 7) is 2.38. The van der Waals surface area contributed by atoms with Crippen LogP contribution in [-0.2, 0) is 0 Å². The van der Waals surface area contributed by atoms with Crippen molar-refractivity contribution in [1.29, 1.82) is 0 Å². The van der Waals surface area contributed by atoms with E-state index in [9.17, 15) is 9.18 Å². The Labute approximate surface area is 117 Å². The Bertz CT molecular complexity index is 598. The number of carbonyl (C=O) groups excluding carboxylic acids is 1. The summed E-state index contributed by atoms with van der Waals surface area (Å²) in [4.78, 5) is 18.2. The van der Waals surface area contributed by atoms with E-state index in [-0.39, 0.29) is 11.7 Å². The van der Waals surface area contributed by atoms with Crippen LogP contribution in [0.2, 0.25) is 0 Å². The highest BCUT2D eigenvalue weighted by Gasteiger charge is 2.16. The van der Waals surface area contributed by atoms with Crippen molar-refractivity contribution in [3.8, 4) is 0 Å². The van der Waals surface area contributed by atoms with Crippen molar-refractivity contribution < 1.29 is 9.18 Å². The van der Waals surface area contributed by atoms with Gasteiger partial charge in [0.15, 0.2) is 0 Å². The second-order valence-electron chi connectivity index (χ2n) is 4.21. The maximum atomic E-state index is 13.0. The van der Waals surface area contributed by atoms with Crippen LogP contribution in [0, 0.1) is 5.82 Å². The van der Waals surface area contributed by atoms with Crippen LogP contribution in [0.15, 0.2) is 42.6 Å². The zero-order valence-electron chi connectivity index (χ0n) is 11.4. The van der Waals surface area contributed by atoms with Gasteiger partial charge in [-0.15, -0.1) is 0 Å². The van der Waals surface area contributed by atoms with E-state index < -0.39 is 0 Å². The Morgan fingerprint density at radius 1 is 1.30 bits per heavy atom. The molecule has 1 N–H and O–H groups in total. The molecule has 0 aliphatic heterocycles. The Hall–Kier alpha value is -2.43. The molecule has 0 atom stereocenters. The summed E-state index contributed by atoms with van der Waals surface area (Å²) >= 11 is 0. The SMILES string of the molecule is CCN(C(=O)c1ccnc(NC)c1)c1ccc(F)cc1. The summed E-state index contributed by atoms with van der Waals surface area (Å²) < 4.78 is 13.0. The van der Waals surface area contributed by atoms with Gasteiger partial charge in [0.05, 0.1) is 0 Å². The minimum atomic E-state index is -0.321. The number of hydrogen-bond acceptors (Lipinski definition) is 3. The first-order chi connectivity index (χ1) is 9.65. The first-order valence-corrected chi connectivity index (χ1v) is 6.37. The molecule has 1 aromatic carbocycles. The van der Waals surface area contributed by atoms with Crippen molar-refractivity contribution in [3.05, 3.63) is 54.0 Å². The summed E-state index contributed by atoms with van der Waals surface area (Å²) in [7, 11) is 1.74. The van der Waals surface area contributed by atoms with Gasteiger partial charge in [-0.3, -0.25) is 4.79 Å². The van der Waals surface area contributed by atoms with Gasteiger partial charge in [0.2, 0.25) is 0 Å². The Kier molecular flexibility index (Phi) is 4.30. The monoisotopic (exact) mass is 273 g/mol. The number of amides is 1. The van der Waals surface area contributed by atoms with Gasteiger partial charge in [-0.25, -0.2) is 9.37 Å². The van der Waals surface area contributed by atoms with Gasteiger partial charge >= 0.3 is 0 Å². The summed E-state index contributed by atoms with van der Waals surface area (Å²) in [6.07, 6.45) is 1.58. The van der Waals surface area contributed by atoms with Gasteiger partial charge in [-0.2, -0.15) is 0 Å². The Morgan fingerprint density at radius 3 is 2.60 bits per heavy atom. The standard InChI is InChI=1S/C15H16FN3O/c1-3-19(13-6-4-12(16)5-7-13)15(20)11-8-9-18-14(10-11)17-2/h4-10H,3H2,1-2H3,(H,17,18). The highest BCUT2D eigenvalue weighted by atomic mass is 19.1. The molecule has 1 aromatic heterocycles. The third-order valence-corrected chi connectivity index (χ3v) is 2.96. The first-order valence-electron chi connectivity index (χ1n) is 6.37. The lowest BCUT2D eigenvalue weighted by molar-refractivity contribution is 0.0988. The predicted molar refractivity (Wildman–Crippen MR) is 77.5 cm³/mol. The molecule has 0 aliphatic carbocycles. The molecule has 20 heavy (non-hydrogen) atoms. The van der Waals surface area contributed by atoms with Crippen LogP contribution < -0.4 is 10.2 Å². The number of halogens is 1. The van der Waals surface area contributed by atoms with Gasteiger partial charge in [0, 0.05) is 31.0 Å². The number of benzene rings is 1. The number of nitrogens with one attached hydrogen (secondary N) is 1. The number of aromatic nitrogens is 1. The van der Waals surface area contributed by atoms with Crippen LogP contribution in [0.3, 0.4) is 0 Å². The van der Waals surface area contributed by atoms with Gasteiger partial charge in [-0.1, -0.05) is 0 Å². The Morgan fingerprint density at radius 2 is 2.00 bits per heavy atom. The second kappa shape index (κ2) is 6.14. The molecule has 0 saturated heterocycles. The van der Waals surface area contributed by atoms with Crippen LogP contribution in [-0.4, -0.2) is 24.5 Å². The van der Waals surface area contributed by atoms with E-state index in [1.807, 2.05) is 6.92 Å². The summed E-state index contributed by atoms with van der Waals surface area (Å²) in [5, 5.41) is 2.89. The normalized spacial score (nSPS) is 10.2. The van der Waals surface area contributed by atoms with Crippen LogP contribution in [0.4, 0.5) is 15.9 Å². The fourth-order valence-electron chi connectivity index (χ4n) is 1.92. The number of hydrogen-bond donors (Lipinski definition) is 1. The minimum absolute atomic E-state index is 0.141. The highest BCUT2D eigenvalue weighted by molar-refractivity contribution is 6.06. The topological polar surface area (TPSA) is 45.2 Å². The van der Waals surface area contributed by atoms with E-state index in [0.717, 1.165) is 0 Å². The predicted octanol–water partition coefficient (Wildman–Crippen LogP) is 2.93. The van der Waals surface area contributed by atoms with Gasteiger partial charge in [0.25, 0.3) is 5.91 Å². The van der Waals surface area contributed by atoms with Gasteiger partial charge in [0.1, 0.15) is 11.6 Å². The maximum absolute atomic E-state index is 13.0. The summed E-state index contributed by atoms with van der Waals surface area (Å²) in [6, 6.07) is 9.23. The minimum Gasteiger partial charge on any atom is -0.373 e. The molecule has 1 amide bonds. The fraction of sp³-hybridized carbons (Fsp3) is 0.200. The lowest BCUT2D eigenvalue weighted by Crippen LogP contribution is -2.30. The summed E-state index contributed by atoms with van der Waals surface area (Å²) in [5.74, 6) is 0.169. The molecule has 0 spiro atoms. The quantitative estimate of drug-likeness (QED) is 0.931. The van der Waals surface area contributed by atoms with Gasteiger partial charge in [-0.05, 0) is 43.3 Å². The maximum Gasteiger partial charge on any atom is 0.258 e. The zero-order valence-corrected chi connectivity index (χ0v) is 11.4.